The molecule has 3 aliphatic rings. The highest BCUT2D eigenvalue weighted by Gasteiger charge is 2.36. The van der Waals surface area contributed by atoms with Crippen molar-refractivity contribution in [2.24, 2.45) is 0 Å². The Morgan fingerprint density at radius 1 is 1.03 bits per heavy atom. The number of urea groups is 1. The lowest BCUT2D eigenvalue weighted by Gasteiger charge is -2.34. The first-order chi connectivity index (χ1) is 15.5. The number of pyridine rings is 1. The third-order valence-electron chi connectivity index (χ3n) is 6.92. The van der Waals surface area contributed by atoms with Crippen molar-refractivity contribution in [1.29, 1.82) is 0 Å². The van der Waals surface area contributed by atoms with Crippen molar-refractivity contribution in [2.75, 3.05) is 38.1 Å². The number of carbonyl (C=O) groups is 2. The van der Waals surface area contributed by atoms with Gasteiger partial charge >= 0.3 is 6.03 Å². The van der Waals surface area contributed by atoms with Gasteiger partial charge in [0, 0.05) is 42.5 Å². The molecule has 2 saturated heterocycles. The van der Waals surface area contributed by atoms with Gasteiger partial charge in [0.05, 0.1) is 0 Å². The van der Waals surface area contributed by atoms with E-state index in [1.54, 1.807) is 4.90 Å². The van der Waals surface area contributed by atoms with Crippen LogP contribution in [0.15, 0.2) is 36.5 Å². The lowest BCUT2D eigenvalue weighted by molar-refractivity contribution is 0.0951. The normalized spacial score (nSPS) is 20.1. The van der Waals surface area contributed by atoms with Crippen molar-refractivity contribution >= 4 is 17.8 Å². The molecule has 2 aliphatic heterocycles. The second kappa shape index (κ2) is 8.54. The molecule has 0 radical (unpaired) electrons. The Labute approximate surface area is 189 Å². The zero-order valence-corrected chi connectivity index (χ0v) is 18.9. The van der Waals surface area contributed by atoms with E-state index in [9.17, 15) is 9.59 Å². The van der Waals surface area contributed by atoms with Gasteiger partial charge in [-0.15, -0.1) is 0 Å². The van der Waals surface area contributed by atoms with E-state index in [1.807, 2.05) is 48.4 Å². The predicted octanol–water partition coefficient (Wildman–Crippen LogP) is 3.29. The predicted molar refractivity (Wildman–Crippen MR) is 125 cm³/mol. The second-order valence-electron chi connectivity index (χ2n) is 9.34. The third kappa shape index (κ3) is 4.21. The largest absolute Gasteiger partial charge is 0.349 e. The molecule has 0 spiro atoms. The first-order valence-electron chi connectivity index (χ1n) is 11.6. The molecular formula is C25H31N5O2. The number of hydrogen-bond acceptors (Lipinski definition) is 4. The number of aryl methyl sites for hydroxylation is 1. The lowest BCUT2D eigenvalue weighted by Crippen LogP contribution is -2.45. The van der Waals surface area contributed by atoms with Gasteiger partial charge in [0.2, 0.25) is 0 Å². The zero-order chi connectivity index (χ0) is 22.2. The Bertz CT molecular complexity index is 1010. The molecule has 3 amide bonds. The molecule has 0 bridgehead atoms. The van der Waals surface area contributed by atoms with Crippen LogP contribution in [0.4, 0.5) is 10.6 Å². The average Bonchev–Trinajstić information content (AvgIpc) is 3.54. The number of likely N-dealkylation sites (tertiary alicyclic amines) is 1. The Morgan fingerprint density at radius 2 is 1.81 bits per heavy atom. The molecule has 0 unspecified atom stereocenters. The highest BCUT2D eigenvalue weighted by molar-refractivity contribution is 5.96. The number of carbonyl (C=O) groups excluding carboxylic acids is 2. The number of nitrogens with zero attached hydrogens (tertiary/aromatic N) is 4. The molecule has 168 valence electrons. The van der Waals surface area contributed by atoms with Crippen molar-refractivity contribution in [3.8, 4) is 11.1 Å². The van der Waals surface area contributed by atoms with Gasteiger partial charge in [-0.25, -0.2) is 9.78 Å². The molecular weight excluding hydrogens is 402 g/mol. The van der Waals surface area contributed by atoms with Gasteiger partial charge in [-0.3, -0.25) is 9.69 Å². The molecule has 1 aromatic carbocycles. The number of anilines is 1. The van der Waals surface area contributed by atoms with Gasteiger partial charge in [0.1, 0.15) is 5.82 Å². The zero-order valence-electron chi connectivity index (χ0n) is 18.9. The van der Waals surface area contributed by atoms with Crippen molar-refractivity contribution in [1.82, 2.24) is 20.1 Å². The second-order valence-corrected chi connectivity index (χ2v) is 9.34. The van der Waals surface area contributed by atoms with Crippen LogP contribution in [0.25, 0.3) is 11.1 Å². The molecule has 1 saturated carbocycles. The Hall–Kier alpha value is -2.93. The number of piperidine rings is 1. The van der Waals surface area contributed by atoms with Crippen molar-refractivity contribution in [3.63, 3.8) is 0 Å². The van der Waals surface area contributed by atoms with E-state index in [-0.39, 0.29) is 11.9 Å². The summed E-state index contributed by atoms with van der Waals surface area (Å²) in [6.45, 7) is 5.55. The Morgan fingerprint density at radius 3 is 2.50 bits per heavy atom. The fourth-order valence-electron chi connectivity index (χ4n) is 4.69. The summed E-state index contributed by atoms with van der Waals surface area (Å²) in [4.78, 5) is 36.3. The van der Waals surface area contributed by atoms with Gasteiger partial charge in [0.25, 0.3) is 5.91 Å². The SMILES string of the molecule is Cc1ccc(C(=O)NC2CC2)cc1-c1ccc(N2CCN(C3CCN(C)CC3)C2=O)nc1. The summed E-state index contributed by atoms with van der Waals surface area (Å²) >= 11 is 0. The van der Waals surface area contributed by atoms with Crippen LogP contribution >= 0.6 is 0 Å². The number of rotatable bonds is 5. The quantitative estimate of drug-likeness (QED) is 0.786. The average molecular weight is 434 g/mol. The summed E-state index contributed by atoms with van der Waals surface area (Å²) in [5.74, 6) is 0.671. The molecule has 7 heteroatoms. The number of hydrogen-bond donors (Lipinski definition) is 1. The smallest absolute Gasteiger partial charge is 0.326 e. The topological polar surface area (TPSA) is 68.8 Å². The molecule has 3 fully saturated rings. The van der Waals surface area contributed by atoms with Crippen LogP contribution < -0.4 is 10.2 Å². The van der Waals surface area contributed by atoms with E-state index in [0.717, 1.165) is 62.0 Å². The van der Waals surface area contributed by atoms with Crippen LogP contribution in [0, 0.1) is 6.92 Å². The van der Waals surface area contributed by atoms with E-state index >= 15 is 0 Å². The summed E-state index contributed by atoms with van der Waals surface area (Å²) in [5, 5.41) is 3.05. The van der Waals surface area contributed by atoms with E-state index in [1.165, 1.54) is 0 Å². The van der Waals surface area contributed by atoms with E-state index < -0.39 is 0 Å². The van der Waals surface area contributed by atoms with Crippen LogP contribution in [-0.4, -0.2) is 72.0 Å². The van der Waals surface area contributed by atoms with Gasteiger partial charge in [-0.1, -0.05) is 6.07 Å². The Kier molecular flexibility index (Phi) is 5.59. The fraction of sp³-hybridized carbons (Fsp3) is 0.480. The van der Waals surface area contributed by atoms with Gasteiger partial charge < -0.3 is 15.1 Å². The molecule has 32 heavy (non-hydrogen) atoms. The third-order valence-corrected chi connectivity index (χ3v) is 6.92. The number of nitrogens with one attached hydrogen (secondary N) is 1. The standard InChI is InChI=1S/C25H31N5O2/c1-17-3-4-18(24(31)27-20-6-7-20)15-22(17)19-5-8-23(26-16-19)30-14-13-29(25(30)32)21-9-11-28(2)12-10-21/h3-5,8,15-16,20-21H,6-7,9-14H2,1-2H3,(H,27,31). The van der Waals surface area contributed by atoms with Crippen molar-refractivity contribution in [3.05, 3.63) is 47.7 Å². The fourth-order valence-corrected chi connectivity index (χ4v) is 4.69. The van der Waals surface area contributed by atoms with Gasteiger partial charge in [-0.05, 0) is 88.1 Å². The van der Waals surface area contributed by atoms with Gasteiger partial charge in [0.15, 0.2) is 0 Å². The molecule has 1 aliphatic carbocycles. The molecule has 5 rings (SSSR count). The van der Waals surface area contributed by atoms with E-state index in [2.05, 4.69) is 22.2 Å². The highest BCUT2D eigenvalue weighted by atomic mass is 16.2. The maximum atomic E-state index is 13.1. The number of amides is 3. The minimum atomic E-state index is -0.0185. The van der Waals surface area contributed by atoms with Crippen LogP contribution in [0.3, 0.4) is 0 Å². The van der Waals surface area contributed by atoms with Crippen molar-refractivity contribution < 1.29 is 9.59 Å². The minimum absolute atomic E-state index is 0.0185. The molecule has 1 aromatic heterocycles. The van der Waals surface area contributed by atoms with Crippen LogP contribution in [-0.2, 0) is 0 Å². The summed E-state index contributed by atoms with van der Waals surface area (Å²) in [6, 6.07) is 10.4. The molecule has 2 aromatic rings. The summed E-state index contributed by atoms with van der Waals surface area (Å²) in [6.07, 6.45) is 6.02. The van der Waals surface area contributed by atoms with Crippen LogP contribution in [0.2, 0.25) is 0 Å². The summed E-state index contributed by atoms with van der Waals surface area (Å²) in [5.41, 5.74) is 3.71. The lowest BCUT2D eigenvalue weighted by atomic mass is 9.99. The molecule has 1 N–H and O–H groups in total. The maximum absolute atomic E-state index is 13.1. The van der Waals surface area contributed by atoms with Crippen molar-refractivity contribution in [2.45, 2.75) is 44.7 Å². The maximum Gasteiger partial charge on any atom is 0.326 e. The van der Waals surface area contributed by atoms with E-state index in [4.69, 9.17) is 0 Å². The molecule has 0 atom stereocenters. The van der Waals surface area contributed by atoms with Crippen LogP contribution in [0.1, 0.15) is 41.6 Å². The monoisotopic (exact) mass is 433 g/mol. The summed E-state index contributed by atoms with van der Waals surface area (Å²) in [7, 11) is 2.14. The number of benzene rings is 1. The number of aromatic nitrogens is 1. The first-order valence-corrected chi connectivity index (χ1v) is 11.6. The highest BCUT2D eigenvalue weighted by Crippen LogP contribution is 2.28. The molecule has 7 nitrogen and oxygen atoms in total. The first kappa shape index (κ1) is 20.9. The molecule has 3 heterocycles. The minimum Gasteiger partial charge on any atom is -0.349 e. The Balaban J connectivity index is 1.30. The van der Waals surface area contributed by atoms with E-state index in [0.29, 0.717) is 30.0 Å². The van der Waals surface area contributed by atoms with Gasteiger partial charge in [-0.2, -0.15) is 0 Å². The van der Waals surface area contributed by atoms with Crippen LogP contribution in [0.5, 0.6) is 0 Å². The summed E-state index contributed by atoms with van der Waals surface area (Å²) < 4.78 is 0.